The Morgan fingerprint density at radius 2 is 1.65 bits per heavy atom. The molecular formula is C29H28N2O6. The van der Waals surface area contributed by atoms with Crippen molar-refractivity contribution in [2.45, 2.75) is 41.2 Å². The SMILES string of the molecule is Cc1ccc(C)c(OCc2ccc(C(=O)Nc3cc(Oc4cc(C)cc(C)c4C)cc([N+](=O)[O-])c3)o2)c1. The summed E-state index contributed by atoms with van der Waals surface area (Å²) in [6.07, 6.45) is 0. The van der Waals surface area contributed by atoms with Gasteiger partial charge in [-0.1, -0.05) is 18.2 Å². The van der Waals surface area contributed by atoms with Crippen molar-refractivity contribution in [1.82, 2.24) is 0 Å². The second kappa shape index (κ2) is 10.6. The Morgan fingerprint density at radius 3 is 2.41 bits per heavy atom. The molecule has 0 bridgehead atoms. The fourth-order valence-corrected chi connectivity index (χ4v) is 3.84. The van der Waals surface area contributed by atoms with Gasteiger partial charge < -0.3 is 19.2 Å². The molecular weight excluding hydrogens is 472 g/mol. The van der Waals surface area contributed by atoms with Gasteiger partial charge in [0.1, 0.15) is 29.6 Å². The number of non-ortho nitro benzene ring substituents is 1. The highest BCUT2D eigenvalue weighted by Crippen LogP contribution is 2.33. The van der Waals surface area contributed by atoms with E-state index in [1.54, 1.807) is 6.07 Å². The lowest BCUT2D eigenvalue weighted by molar-refractivity contribution is -0.384. The number of nitrogens with zero attached hydrogens (tertiary/aromatic N) is 1. The van der Waals surface area contributed by atoms with Crippen LogP contribution in [0.4, 0.5) is 11.4 Å². The second-order valence-corrected chi connectivity index (χ2v) is 9.06. The highest BCUT2D eigenvalue weighted by molar-refractivity contribution is 6.02. The van der Waals surface area contributed by atoms with Crippen LogP contribution in [-0.4, -0.2) is 10.8 Å². The highest BCUT2D eigenvalue weighted by atomic mass is 16.6. The smallest absolute Gasteiger partial charge is 0.291 e. The molecule has 0 spiro atoms. The number of aryl methyl sites for hydroxylation is 4. The molecule has 8 heteroatoms. The Kier molecular flexibility index (Phi) is 7.29. The number of carbonyl (C=O) groups excluding carboxylic acids is 1. The Labute approximate surface area is 215 Å². The number of hydrogen-bond acceptors (Lipinski definition) is 6. The van der Waals surface area contributed by atoms with E-state index in [2.05, 4.69) is 5.32 Å². The number of nitro benzene ring substituents is 1. The van der Waals surface area contributed by atoms with Gasteiger partial charge in [0.2, 0.25) is 0 Å². The zero-order valence-electron chi connectivity index (χ0n) is 21.4. The van der Waals surface area contributed by atoms with Crippen LogP contribution in [0, 0.1) is 44.7 Å². The molecule has 0 aliphatic heterocycles. The molecule has 0 saturated heterocycles. The van der Waals surface area contributed by atoms with Gasteiger partial charge >= 0.3 is 0 Å². The molecule has 1 N–H and O–H groups in total. The average molecular weight is 501 g/mol. The standard InChI is InChI=1S/C29H28N2O6/c1-17-6-7-19(3)27(11-17)35-16-24-8-9-26(36-24)29(32)30-22-13-23(31(33)34)15-25(14-22)37-28-12-18(2)10-20(4)21(28)5/h6-15H,16H2,1-5H3,(H,30,32). The first kappa shape index (κ1) is 25.5. The van der Waals surface area contributed by atoms with Gasteiger partial charge in [0, 0.05) is 12.1 Å². The van der Waals surface area contributed by atoms with Crippen molar-refractivity contribution in [1.29, 1.82) is 0 Å². The van der Waals surface area contributed by atoms with Crippen LogP contribution in [0.2, 0.25) is 0 Å². The van der Waals surface area contributed by atoms with Gasteiger partial charge in [-0.3, -0.25) is 14.9 Å². The van der Waals surface area contributed by atoms with Crippen LogP contribution >= 0.6 is 0 Å². The third-order valence-corrected chi connectivity index (χ3v) is 5.95. The van der Waals surface area contributed by atoms with E-state index in [4.69, 9.17) is 13.9 Å². The van der Waals surface area contributed by atoms with Crippen LogP contribution in [0.3, 0.4) is 0 Å². The molecule has 1 amide bonds. The van der Waals surface area contributed by atoms with Gasteiger partial charge in [-0.2, -0.15) is 0 Å². The molecule has 0 radical (unpaired) electrons. The molecule has 0 saturated carbocycles. The molecule has 0 unspecified atom stereocenters. The largest absolute Gasteiger partial charge is 0.485 e. The molecule has 3 aromatic carbocycles. The van der Waals surface area contributed by atoms with Gasteiger partial charge in [0.05, 0.1) is 16.7 Å². The van der Waals surface area contributed by atoms with Crippen LogP contribution in [0.5, 0.6) is 17.2 Å². The molecule has 1 aromatic heterocycles. The fraction of sp³-hybridized carbons (Fsp3) is 0.207. The first-order valence-electron chi connectivity index (χ1n) is 11.7. The van der Waals surface area contributed by atoms with Crippen LogP contribution in [-0.2, 0) is 6.61 Å². The number of hydrogen-bond donors (Lipinski definition) is 1. The summed E-state index contributed by atoms with van der Waals surface area (Å²) in [5.74, 6) is 1.55. The summed E-state index contributed by atoms with van der Waals surface area (Å²) >= 11 is 0. The minimum Gasteiger partial charge on any atom is -0.485 e. The summed E-state index contributed by atoms with van der Waals surface area (Å²) in [4.78, 5) is 23.8. The lowest BCUT2D eigenvalue weighted by Crippen LogP contribution is -2.11. The van der Waals surface area contributed by atoms with Gasteiger partial charge in [0.25, 0.3) is 11.6 Å². The highest BCUT2D eigenvalue weighted by Gasteiger charge is 2.17. The summed E-state index contributed by atoms with van der Waals surface area (Å²) in [5, 5.41) is 14.2. The molecule has 37 heavy (non-hydrogen) atoms. The van der Waals surface area contributed by atoms with Crippen molar-refractivity contribution in [2.24, 2.45) is 0 Å². The zero-order valence-corrected chi connectivity index (χ0v) is 21.4. The maximum Gasteiger partial charge on any atom is 0.291 e. The van der Waals surface area contributed by atoms with E-state index < -0.39 is 10.8 Å². The van der Waals surface area contributed by atoms with Crippen LogP contribution in [0.25, 0.3) is 0 Å². The number of anilines is 1. The van der Waals surface area contributed by atoms with Gasteiger partial charge in [0.15, 0.2) is 5.76 Å². The molecule has 190 valence electrons. The topological polar surface area (TPSA) is 104 Å². The summed E-state index contributed by atoms with van der Waals surface area (Å²) in [6, 6.07) is 17.1. The van der Waals surface area contributed by atoms with E-state index in [0.717, 1.165) is 33.6 Å². The second-order valence-electron chi connectivity index (χ2n) is 9.06. The van der Waals surface area contributed by atoms with Crippen molar-refractivity contribution in [2.75, 3.05) is 5.32 Å². The van der Waals surface area contributed by atoms with Gasteiger partial charge in [-0.25, -0.2) is 0 Å². The number of benzene rings is 3. The normalized spacial score (nSPS) is 10.7. The number of nitro groups is 1. The molecule has 0 atom stereocenters. The van der Waals surface area contributed by atoms with Crippen LogP contribution in [0.1, 0.15) is 44.1 Å². The molecule has 4 aromatic rings. The predicted molar refractivity (Wildman–Crippen MR) is 141 cm³/mol. The summed E-state index contributed by atoms with van der Waals surface area (Å²) < 4.78 is 17.5. The average Bonchev–Trinajstić information content (AvgIpc) is 3.32. The zero-order chi connectivity index (χ0) is 26.7. The van der Waals surface area contributed by atoms with E-state index in [9.17, 15) is 14.9 Å². The van der Waals surface area contributed by atoms with E-state index in [1.165, 1.54) is 24.3 Å². The molecule has 8 nitrogen and oxygen atoms in total. The molecule has 0 fully saturated rings. The maximum atomic E-state index is 12.8. The van der Waals surface area contributed by atoms with E-state index in [1.807, 2.05) is 65.0 Å². The van der Waals surface area contributed by atoms with E-state index in [0.29, 0.717) is 11.5 Å². The minimum atomic E-state index is -0.549. The minimum absolute atomic E-state index is 0.0543. The summed E-state index contributed by atoms with van der Waals surface area (Å²) in [5.41, 5.74) is 5.05. The summed E-state index contributed by atoms with van der Waals surface area (Å²) in [7, 11) is 0. The number of amides is 1. The molecule has 0 aliphatic rings. The number of furan rings is 1. The summed E-state index contributed by atoms with van der Waals surface area (Å²) in [6.45, 7) is 9.93. The lowest BCUT2D eigenvalue weighted by atomic mass is 10.1. The third-order valence-electron chi connectivity index (χ3n) is 5.95. The number of rotatable bonds is 8. The Bertz CT molecular complexity index is 1490. The maximum absolute atomic E-state index is 12.8. The molecule has 0 aliphatic carbocycles. The fourth-order valence-electron chi connectivity index (χ4n) is 3.84. The van der Waals surface area contributed by atoms with E-state index in [-0.39, 0.29) is 29.5 Å². The number of nitrogens with one attached hydrogen (secondary N) is 1. The molecule has 1 heterocycles. The Morgan fingerprint density at radius 1 is 0.892 bits per heavy atom. The first-order valence-corrected chi connectivity index (χ1v) is 11.7. The van der Waals surface area contributed by atoms with Gasteiger partial charge in [-0.15, -0.1) is 0 Å². The van der Waals surface area contributed by atoms with Crippen LogP contribution < -0.4 is 14.8 Å². The number of carbonyl (C=O) groups is 1. The van der Waals surface area contributed by atoms with Gasteiger partial charge in [-0.05, 0) is 86.7 Å². The number of ether oxygens (including phenoxy) is 2. The quantitative estimate of drug-likeness (QED) is 0.200. The van der Waals surface area contributed by atoms with Crippen molar-refractivity contribution >= 4 is 17.3 Å². The Hall–Kier alpha value is -4.59. The van der Waals surface area contributed by atoms with Crippen molar-refractivity contribution < 1.29 is 23.6 Å². The van der Waals surface area contributed by atoms with E-state index >= 15 is 0 Å². The van der Waals surface area contributed by atoms with Crippen LogP contribution in [0.15, 0.2) is 65.1 Å². The Balaban J connectivity index is 1.50. The van der Waals surface area contributed by atoms with Crippen molar-refractivity contribution in [3.63, 3.8) is 0 Å². The lowest BCUT2D eigenvalue weighted by Gasteiger charge is -2.13. The van der Waals surface area contributed by atoms with Crippen molar-refractivity contribution in [3.05, 3.63) is 110 Å². The monoisotopic (exact) mass is 500 g/mol. The predicted octanol–water partition coefficient (Wildman–Crippen LogP) is 7.35. The van der Waals surface area contributed by atoms with Crippen molar-refractivity contribution in [3.8, 4) is 17.2 Å². The first-order chi connectivity index (χ1) is 17.6. The third kappa shape index (κ3) is 6.16. The molecule has 4 rings (SSSR count).